The van der Waals surface area contributed by atoms with Crippen molar-refractivity contribution in [1.29, 1.82) is 0 Å². The van der Waals surface area contributed by atoms with Crippen molar-refractivity contribution >= 4 is 8.07 Å². The van der Waals surface area contributed by atoms with Gasteiger partial charge in [0.2, 0.25) is 0 Å². The molecule has 0 radical (unpaired) electrons. The van der Waals surface area contributed by atoms with Crippen LogP contribution in [0.1, 0.15) is 67.2 Å². The van der Waals surface area contributed by atoms with Crippen molar-refractivity contribution in [2.24, 2.45) is 0 Å². The summed E-state index contributed by atoms with van der Waals surface area (Å²) in [5, 5.41) is 8.65. The van der Waals surface area contributed by atoms with E-state index >= 15 is 0 Å². The quantitative estimate of drug-likeness (QED) is 0.310. The Bertz CT molecular complexity index is 937. The lowest BCUT2D eigenvalue weighted by Gasteiger charge is -2.35. The van der Waals surface area contributed by atoms with Gasteiger partial charge in [-0.3, -0.25) is 0 Å². The summed E-state index contributed by atoms with van der Waals surface area (Å²) in [4.78, 5) is 0. The normalized spacial score (nSPS) is 25.6. The molecule has 2 heterocycles. The van der Waals surface area contributed by atoms with E-state index in [1.807, 2.05) is 10.7 Å². The first kappa shape index (κ1) is 26.5. The summed E-state index contributed by atoms with van der Waals surface area (Å²) in [6.45, 7) is 12.4. The molecular weight excluding hydrogens is 457 g/mol. The molecule has 7 heteroatoms. The van der Waals surface area contributed by atoms with Gasteiger partial charge in [-0.05, 0) is 87.2 Å². The van der Waals surface area contributed by atoms with Crippen molar-refractivity contribution in [1.82, 2.24) is 15.1 Å². The Morgan fingerprint density at radius 3 is 2.69 bits per heavy atom. The minimum Gasteiger partial charge on any atom is -0.377 e. The highest BCUT2D eigenvalue weighted by Crippen LogP contribution is 2.35. The monoisotopic (exact) mass is 501 g/mol. The number of hydrogen-bond donors (Lipinski definition) is 1. The van der Waals surface area contributed by atoms with Gasteiger partial charge in [0.15, 0.2) is 0 Å². The fourth-order valence-corrected chi connectivity index (χ4v) is 6.28. The van der Waals surface area contributed by atoms with E-state index < -0.39 is 8.07 Å². The van der Waals surface area contributed by atoms with Crippen LogP contribution >= 0.6 is 0 Å². The van der Waals surface area contributed by atoms with Crippen molar-refractivity contribution in [3.63, 3.8) is 0 Å². The van der Waals surface area contributed by atoms with E-state index in [9.17, 15) is 4.39 Å². The zero-order valence-electron chi connectivity index (χ0n) is 22.1. The third-order valence-corrected chi connectivity index (χ3v) is 9.35. The molecule has 2 atom stereocenters. The number of benzene rings is 1. The summed E-state index contributed by atoms with van der Waals surface area (Å²) in [7, 11) is -1.08. The number of aromatic nitrogens is 2. The van der Waals surface area contributed by atoms with E-state index in [0.29, 0.717) is 30.7 Å². The van der Waals surface area contributed by atoms with Crippen LogP contribution < -0.4 is 5.32 Å². The molecule has 2 fully saturated rings. The number of ether oxygens (including phenoxy) is 2. The Hall–Kier alpha value is -1.54. The molecule has 2 aliphatic rings. The molecule has 5 nitrogen and oxygen atoms in total. The first-order valence-electron chi connectivity index (χ1n) is 13.5. The van der Waals surface area contributed by atoms with Crippen molar-refractivity contribution in [2.45, 2.75) is 102 Å². The van der Waals surface area contributed by atoms with E-state index in [-0.39, 0.29) is 5.82 Å². The molecular formula is C28H44FN3O2Si. The lowest BCUT2D eigenvalue weighted by Crippen LogP contribution is -2.44. The zero-order valence-corrected chi connectivity index (χ0v) is 23.1. The highest BCUT2D eigenvalue weighted by atomic mass is 28.3. The Balaban J connectivity index is 1.27. The standard InChI is InChI=1S/C28H44FN3O2Si/c1-21-18-32(20-33-15-16-35(2,3)4)31-28(21)26-9-6-14-30-27(26)19-34-25-12-10-22(11-13-25)23-7-5-8-24(29)17-23/h5,7-8,17-18,22,25-27,30H,6,9-16,19-20H2,1-4H3/t22?,25?,26?,27-/m0/s1. The van der Waals surface area contributed by atoms with E-state index in [4.69, 9.17) is 14.6 Å². The average molecular weight is 502 g/mol. The molecule has 1 unspecified atom stereocenters. The van der Waals surface area contributed by atoms with Gasteiger partial charge in [-0.25, -0.2) is 9.07 Å². The Kier molecular flexibility index (Phi) is 9.19. The molecule has 1 aromatic heterocycles. The Labute approximate surface area is 211 Å². The minimum atomic E-state index is -1.08. The summed E-state index contributed by atoms with van der Waals surface area (Å²) in [6.07, 6.45) is 8.95. The first-order chi connectivity index (χ1) is 16.8. The summed E-state index contributed by atoms with van der Waals surface area (Å²) < 4.78 is 28.0. The van der Waals surface area contributed by atoms with Crippen LogP contribution in [0.2, 0.25) is 25.7 Å². The molecule has 0 bridgehead atoms. The SMILES string of the molecule is Cc1cn(COCC[Si](C)(C)C)nc1C1CCCN[C@H]1COC1CCC(c2cccc(F)c2)CC1. The molecule has 35 heavy (non-hydrogen) atoms. The third-order valence-electron chi connectivity index (χ3n) is 7.64. The van der Waals surface area contributed by atoms with Crippen molar-refractivity contribution < 1.29 is 13.9 Å². The molecule has 1 aliphatic carbocycles. The maximum absolute atomic E-state index is 13.6. The highest BCUT2D eigenvalue weighted by molar-refractivity contribution is 6.76. The van der Waals surface area contributed by atoms with Gasteiger partial charge >= 0.3 is 0 Å². The summed E-state index contributed by atoms with van der Waals surface area (Å²) in [6, 6.07) is 8.57. The van der Waals surface area contributed by atoms with E-state index in [0.717, 1.165) is 57.4 Å². The number of hydrogen-bond acceptors (Lipinski definition) is 4. The topological polar surface area (TPSA) is 48.3 Å². The van der Waals surface area contributed by atoms with E-state index in [1.165, 1.54) is 29.8 Å². The lowest BCUT2D eigenvalue weighted by atomic mass is 9.82. The number of rotatable bonds is 10. The van der Waals surface area contributed by atoms with Gasteiger partial charge < -0.3 is 14.8 Å². The van der Waals surface area contributed by atoms with Crippen LogP contribution in [-0.2, 0) is 16.2 Å². The Morgan fingerprint density at radius 2 is 1.94 bits per heavy atom. The number of aryl methyl sites for hydroxylation is 1. The van der Waals surface area contributed by atoms with E-state index in [2.05, 4.69) is 44.1 Å². The maximum atomic E-state index is 13.6. The first-order valence-corrected chi connectivity index (χ1v) is 17.2. The fourth-order valence-electron chi connectivity index (χ4n) is 5.52. The van der Waals surface area contributed by atoms with Gasteiger partial charge in [0.05, 0.1) is 18.4 Å². The molecule has 1 saturated heterocycles. The lowest BCUT2D eigenvalue weighted by molar-refractivity contribution is 0.00528. The second-order valence-electron chi connectivity index (χ2n) is 11.8. The van der Waals surface area contributed by atoms with Gasteiger partial charge in [0.1, 0.15) is 12.5 Å². The maximum Gasteiger partial charge on any atom is 0.139 e. The minimum absolute atomic E-state index is 0.133. The molecule has 1 aliphatic heterocycles. The van der Waals surface area contributed by atoms with Gasteiger partial charge in [0.25, 0.3) is 0 Å². The van der Waals surface area contributed by atoms with Gasteiger partial charge in [-0.2, -0.15) is 5.10 Å². The predicted octanol–water partition coefficient (Wildman–Crippen LogP) is 6.22. The van der Waals surface area contributed by atoms with Crippen LogP contribution in [0.4, 0.5) is 4.39 Å². The van der Waals surface area contributed by atoms with Crippen molar-refractivity contribution in [2.75, 3.05) is 19.8 Å². The molecule has 1 saturated carbocycles. The van der Waals surface area contributed by atoms with Crippen molar-refractivity contribution in [3.8, 4) is 0 Å². The Morgan fingerprint density at radius 1 is 1.14 bits per heavy atom. The van der Waals surface area contributed by atoms with Gasteiger partial charge in [0, 0.05) is 32.8 Å². The summed E-state index contributed by atoms with van der Waals surface area (Å²) in [5.74, 6) is 0.687. The number of nitrogens with one attached hydrogen (secondary N) is 1. The average Bonchev–Trinajstić information content (AvgIpc) is 3.20. The van der Waals surface area contributed by atoms with E-state index in [1.54, 1.807) is 6.07 Å². The van der Waals surface area contributed by atoms with Crippen molar-refractivity contribution in [3.05, 3.63) is 53.1 Å². The second kappa shape index (κ2) is 12.1. The summed E-state index contributed by atoms with van der Waals surface area (Å²) >= 11 is 0. The van der Waals surface area contributed by atoms with Crippen LogP contribution in [-0.4, -0.2) is 49.8 Å². The van der Waals surface area contributed by atoms with Crippen LogP contribution in [0.25, 0.3) is 0 Å². The smallest absolute Gasteiger partial charge is 0.139 e. The molecule has 0 spiro atoms. The molecule has 194 valence electrons. The predicted molar refractivity (Wildman–Crippen MR) is 142 cm³/mol. The molecule has 4 rings (SSSR count). The summed E-state index contributed by atoms with van der Waals surface area (Å²) in [5.41, 5.74) is 3.57. The van der Waals surface area contributed by atoms with Crippen LogP contribution in [0.3, 0.4) is 0 Å². The second-order valence-corrected chi connectivity index (χ2v) is 17.4. The van der Waals surface area contributed by atoms with Gasteiger partial charge in [-0.15, -0.1) is 0 Å². The number of halogens is 1. The van der Waals surface area contributed by atoms with Gasteiger partial charge in [-0.1, -0.05) is 31.8 Å². The zero-order chi connectivity index (χ0) is 24.8. The molecule has 0 amide bonds. The molecule has 1 N–H and O–H groups in total. The number of piperidine rings is 1. The third kappa shape index (κ3) is 7.72. The van der Waals surface area contributed by atoms with Crippen LogP contribution in [0, 0.1) is 12.7 Å². The molecule has 1 aromatic carbocycles. The largest absolute Gasteiger partial charge is 0.377 e. The number of nitrogens with zero attached hydrogens (tertiary/aromatic N) is 2. The highest BCUT2D eigenvalue weighted by Gasteiger charge is 2.31. The van der Waals surface area contributed by atoms with Crippen LogP contribution in [0.5, 0.6) is 0 Å². The molecule has 2 aromatic rings. The van der Waals surface area contributed by atoms with Crippen LogP contribution in [0.15, 0.2) is 30.5 Å². The fraction of sp³-hybridized carbons (Fsp3) is 0.679.